The summed E-state index contributed by atoms with van der Waals surface area (Å²) in [6.45, 7) is 8.25. The van der Waals surface area contributed by atoms with Gasteiger partial charge in [-0.3, -0.25) is 4.99 Å². The molecule has 0 aromatic rings. The average molecular weight is 176 g/mol. The summed E-state index contributed by atoms with van der Waals surface area (Å²) < 4.78 is 0. The Labute approximate surface area is 79.7 Å². The zero-order valence-electron chi connectivity index (χ0n) is 8.38. The highest BCUT2D eigenvalue weighted by Gasteiger charge is 2.27. The first-order valence-electron chi connectivity index (χ1n) is 4.80. The van der Waals surface area contributed by atoms with E-state index in [0.29, 0.717) is 5.92 Å². The normalized spacial score (nSPS) is 28.0. The average Bonchev–Trinajstić information content (AvgIpc) is 2.62. The summed E-state index contributed by atoms with van der Waals surface area (Å²) in [4.78, 5) is 6.75. The highest BCUT2D eigenvalue weighted by atomic mass is 15.1. The van der Waals surface area contributed by atoms with Crippen LogP contribution in [0.1, 0.15) is 13.3 Å². The van der Waals surface area contributed by atoms with Crippen LogP contribution in [0.5, 0.6) is 0 Å². The topological polar surface area (TPSA) is 15.6 Å². The maximum absolute atomic E-state index is 4.52. The number of rotatable bonds is 1. The van der Waals surface area contributed by atoms with Gasteiger partial charge in [-0.1, -0.05) is 12.2 Å². The van der Waals surface area contributed by atoms with Gasteiger partial charge in [0, 0.05) is 30.9 Å². The molecule has 2 heterocycles. The first-order chi connectivity index (χ1) is 6.18. The third-order valence-electron chi connectivity index (χ3n) is 2.91. The van der Waals surface area contributed by atoms with Crippen molar-refractivity contribution in [3.05, 3.63) is 23.9 Å². The fraction of sp³-hybridized carbons (Fsp3) is 0.545. The fourth-order valence-corrected chi connectivity index (χ4v) is 1.99. The van der Waals surface area contributed by atoms with Gasteiger partial charge in [0.1, 0.15) is 0 Å². The largest absolute Gasteiger partial charge is 0.378 e. The predicted octanol–water partition coefficient (Wildman–Crippen LogP) is 1.85. The fourth-order valence-electron chi connectivity index (χ4n) is 1.99. The van der Waals surface area contributed by atoms with Crippen molar-refractivity contribution in [2.24, 2.45) is 10.9 Å². The van der Waals surface area contributed by atoms with Gasteiger partial charge >= 0.3 is 0 Å². The van der Waals surface area contributed by atoms with Gasteiger partial charge in [0.2, 0.25) is 0 Å². The minimum Gasteiger partial charge on any atom is -0.378 e. The van der Waals surface area contributed by atoms with Crippen LogP contribution < -0.4 is 0 Å². The molecule has 2 nitrogen and oxygen atoms in total. The Bertz CT molecular complexity index is 299. The summed E-state index contributed by atoms with van der Waals surface area (Å²) in [7, 11) is 2.11. The summed E-state index contributed by atoms with van der Waals surface area (Å²) in [5.74, 6) is 0.488. The van der Waals surface area contributed by atoms with E-state index in [1.165, 1.54) is 23.4 Å². The first-order valence-corrected chi connectivity index (χ1v) is 4.80. The molecule has 2 heteroatoms. The molecule has 1 unspecified atom stereocenters. The summed E-state index contributed by atoms with van der Waals surface area (Å²) in [5, 5.41) is 0. The van der Waals surface area contributed by atoms with Crippen LogP contribution in [0.4, 0.5) is 0 Å². The second kappa shape index (κ2) is 3.02. The summed E-state index contributed by atoms with van der Waals surface area (Å²) in [6.07, 6.45) is 3.40. The lowest BCUT2D eigenvalue weighted by molar-refractivity contribution is 0.481. The molecule has 0 saturated carbocycles. The molecule has 0 aliphatic carbocycles. The molecule has 2 aliphatic rings. The van der Waals surface area contributed by atoms with Crippen LogP contribution in [0, 0.1) is 5.92 Å². The van der Waals surface area contributed by atoms with Crippen molar-refractivity contribution < 1.29 is 0 Å². The lowest BCUT2D eigenvalue weighted by Gasteiger charge is -2.14. The van der Waals surface area contributed by atoms with Gasteiger partial charge in [0.25, 0.3) is 0 Å². The third-order valence-corrected chi connectivity index (χ3v) is 2.91. The third kappa shape index (κ3) is 1.41. The molecule has 0 N–H and O–H groups in total. The monoisotopic (exact) mass is 176 g/mol. The molecule has 1 fully saturated rings. The van der Waals surface area contributed by atoms with Crippen LogP contribution in [-0.2, 0) is 0 Å². The van der Waals surface area contributed by atoms with Crippen LogP contribution in [0.25, 0.3) is 0 Å². The maximum atomic E-state index is 4.52. The van der Waals surface area contributed by atoms with Crippen molar-refractivity contribution in [2.45, 2.75) is 13.3 Å². The first kappa shape index (κ1) is 8.54. The standard InChI is InChI=1S/C11H16N2/c1-8-6-11(12-7-8)10-4-5-13(3)9(10)2/h6,10H,2,4-5,7H2,1,3H3. The Morgan fingerprint density at radius 3 is 2.85 bits per heavy atom. The number of hydrogen-bond acceptors (Lipinski definition) is 2. The van der Waals surface area contributed by atoms with Crippen LogP contribution in [0.3, 0.4) is 0 Å². The summed E-state index contributed by atoms with van der Waals surface area (Å²) >= 11 is 0. The number of hydrogen-bond donors (Lipinski definition) is 0. The Morgan fingerprint density at radius 2 is 2.38 bits per heavy atom. The van der Waals surface area contributed by atoms with E-state index >= 15 is 0 Å². The number of aliphatic imine (C=N–C) groups is 1. The molecule has 13 heavy (non-hydrogen) atoms. The lowest BCUT2D eigenvalue weighted by atomic mass is 9.99. The highest BCUT2D eigenvalue weighted by Crippen LogP contribution is 2.28. The molecule has 0 amide bonds. The molecule has 1 atom stereocenters. The van der Waals surface area contributed by atoms with Crippen LogP contribution in [-0.4, -0.2) is 30.7 Å². The van der Waals surface area contributed by atoms with Crippen LogP contribution >= 0.6 is 0 Å². The van der Waals surface area contributed by atoms with E-state index in [9.17, 15) is 0 Å². The second-order valence-corrected chi connectivity index (χ2v) is 3.99. The SMILES string of the molecule is C=C1C(C2=NCC(C)=C2)CCN1C. The minimum atomic E-state index is 0.488. The molecule has 0 aromatic carbocycles. The zero-order chi connectivity index (χ0) is 9.42. The molecule has 70 valence electrons. The van der Waals surface area contributed by atoms with E-state index in [0.717, 1.165) is 13.1 Å². The van der Waals surface area contributed by atoms with Gasteiger partial charge in [0.15, 0.2) is 0 Å². The summed E-state index contributed by atoms with van der Waals surface area (Å²) in [5.41, 5.74) is 3.84. The van der Waals surface area contributed by atoms with E-state index < -0.39 is 0 Å². The number of allylic oxidation sites excluding steroid dienone is 2. The molecule has 2 rings (SSSR count). The summed E-state index contributed by atoms with van der Waals surface area (Å²) in [6, 6.07) is 0. The van der Waals surface area contributed by atoms with Crippen molar-refractivity contribution in [3.63, 3.8) is 0 Å². The quantitative estimate of drug-likeness (QED) is 0.595. The van der Waals surface area contributed by atoms with Gasteiger partial charge in [0.05, 0.1) is 6.54 Å². The second-order valence-electron chi connectivity index (χ2n) is 3.99. The molecular formula is C11H16N2. The molecular weight excluding hydrogens is 160 g/mol. The minimum absolute atomic E-state index is 0.488. The van der Waals surface area contributed by atoms with Gasteiger partial charge in [-0.15, -0.1) is 0 Å². The predicted molar refractivity (Wildman–Crippen MR) is 55.9 cm³/mol. The van der Waals surface area contributed by atoms with Gasteiger partial charge in [-0.2, -0.15) is 0 Å². The van der Waals surface area contributed by atoms with E-state index in [1.807, 2.05) is 0 Å². The molecule has 1 saturated heterocycles. The maximum Gasteiger partial charge on any atom is 0.0604 e. The number of nitrogens with zero attached hydrogens (tertiary/aromatic N) is 2. The molecule has 2 aliphatic heterocycles. The van der Waals surface area contributed by atoms with Gasteiger partial charge in [-0.05, 0) is 19.4 Å². The van der Waals surface area contributed by atoms with E-state index in [1.54, 1.807) is 0 Å². The van der Waals surface area contributed by atoms with Crippen molar-refractivity contribution in [3.8, 4) is 0 Å². The number of likely N-dealkylation sites (tertiary alicyclic amines) is 1. The van der Waals surface area contributed by atoms with Gasteiger partial charge in [-0.25, -0.2) is 0 Å². The van der Waals surface area contributed by atoms with Crippen molar-refractivity contribution in [2.75, 3.05) is 20.1 Å². The van der Waals surface area contributed by atoms with Gasteiger partial charge < -0.3 is 4.90 Å². The van der Waals surface area contributed by atoms with Crippen LogP contribution in [0.2, 0.25) is 0 Å². The van der Waals surface area contributed by atoms with Crippen molar-refractivity contribution >= 4 is 5.71 Å². The van der Waals surface area contributed by atoms with Crippen LogP contribution in [0.15, 0.2) is 28.9 Å². The Balaban J connectivity index is 2.15. The van der Waals surface area contributed by atoms with E-state index in [2.05, 4.69) is 36.5 Å². The Kier molecular flexibility index (Phi) is 1.98. The van der Waals surface area contributed by atoms with Crippen molar-refractivity contribution in [1.82, 2.24) is 4.90 Å². The molecule has 0 spiro atoms. The Morgan fingerprint density at radius 1 is 1.62 bits per heavy atom. The molecule has 0 radical (unpaired) electrons. The highest BCUT2D eigenvalue weighted by molar-refractivity contribution is 6.01. The zero-order valence-corrected chi connectivity index (χ0v) is 8.38. The van der Waals surface area contributed by atoms with Crippen molar-refractivity contribution in [1.29, 1.82) is 0 Å². The Hall–Kier alpha value is -1.05. The lowest BCUT2D eigenvalue weighted by Crippen LogP contribution is -2.14. The van der Waals surface area contributed by atoms with E-state index in [4.69, 9.17) is 0 Å². The smallest absolute Gasteiger partial charge is 0.0604 e. The van der Waals surface area contributed by atoms with E-state index in [-0.39, 0.29) is 0 Å². The molecule has 0 bridgehead atoms. The molecule has 0 aromatic heterocycles.